The van der Waals surface area contributed by atoms with Crippen molar-refractivity contribution in [3.05, 3.63) is 137 Å². The van der Waals surface area contributed by atoms with E-state index in [1.807, 2.05) is 72.8 Å². The first-order chi connectivity index (χ1) is 23.1. The molecule has 0 amide bonds. The highest BCUT2D eigenvalue weighted by Gasteiger charge is 2.22. The van der Waals surface area contributed by atoms with Crippen LogP contribution in [0.2, 0.25) is 0 Å². The third-order valence-corrected chi connectivity index (χ3v) is 10.3. The number of nitrogens with zero attached hydrogens (tertiary/aromatic N) is 6. The van der Waals surface area contributed by atoms with Gasteiger partial charge in [0.1, 0.15) is 6.07 Å². The van der Waals surface area contributed by atoms with Crippen LogP contribution >= 0.6 is 11.3 Å². The fourth-order valence-electron chi connectivity index (χ4n) is 7.05. The zero-order valence-electron chi connectivity index (χ0n) is 24.5. The van der Waals surface area contributed by atoms with E-state index in [9.17, 15) is 15.8 Å². The summed E-state index contributed by atoms with van der Waals surface area (Å²) in [5.74, 6) is 0. The van der Waals surface area contributed by atoms with Gasteiger partial charge < -0.3 is 9.13 Å². The van der Waals surface area contributed by atoms with Crippen LogP contribution in [0.1, 0.15) is 16.7 Å². The molecule has 0 spiro atoms. The van der Waals surface area contributed by atoms with E-state index in [0.29, 0.717) is 22.4 Å². The molecular weight excluding hydrogens is 597 g/mol. The van der Waals surface area contributed by atoms with E-state index in [1.165, 1.54) is 11.3 Å². The number of rotatable bonds is 2. The standard InChI is InChI=1S/C40H18N6S/c1-44-33-10-5-9-27-31-19-37-38(32(22-43)39(31)47-40(27)33)28-8-2-3-11-34(28)46(37)26-7-4-6-25(18-26)45-35-14-12-23(20-41)16-29(35)30-17-24(21-42)13-15-36(30)45/h2-19H. The molecule has 0 aliphatic carbocycles. The van der Waals surface area contributed by atoms with Crippen LogP contribution in [0.25, 0.3) is 80.0 Å². The van der Waals surface area contributed by atoms with Gasteiger partial charge in [-0.05, 0) is 72.1 Å². The van der Waals surface area contributed by atoms with Crippen LogP contribution in [0, 0.1) is 40.6 Å². The molecule has 47 heavy (non-hydrogen) atoms. The van der Waals surface area contributed by atoms with Crippen molar-refractivity contribution in [3.63, 3.8) is 0 Å². The summed E-state index contributed by atoms with van der Waals surface area (Å²) in [5.41, 5.74) is 7.94. The highest BCUT2D eigenvalue weighted by Crippen LogP contribution is 2.46. The van der Waals surface area contributed by atoms with Crippen molar-refractivity contribution in [1.82, 2.24) is 9.13 Å². The van der Waals surface area contributed by atoms with Crippen molar-refractivity contribution >= 4 is 80.8 Å². The van der Waals surface area contributed by atoms with Gasteiger partial charge in [0.2, 0.25) is 5.69 Å². The Bertz CT molecular complexity index is 2950. The SMILES string of the molecule is [C-]#[N+]c1cccc2c1sc1c(C#N)c3c4ccccc4n(-c4cccc(-n5c6ccc(C#N)cc6c6cc(C#N)ccc65)c4)c3cc12. The molecule has 0 radical (unpaired) electrons. The van der Waals surface area contributed by atoms with Gasteiger partial charge in [0, 0.05) is 43.0 Å². The van der Waals surface area contributed by atoms with Crippen LogP contribution in [0.3, 0.4) is 0 Å². The summed E-state index contributed by atoms with van der Waals surface area (Å²) in [4.78, 5) is 3.76. The number of para-hydroxylation sites is 1. The van der Waals surface area contributed by atoms with E-state index < -0.39 is 0 Å². The first-order valence-corrected chi connectivity index (χ1v) is 15.6. The molecule has 0 fully saturated rings. The van der Waals surface area contributed by atoms with Crippen LogP contribution in [0.5, 0.6) is 0 Å². The largest absolute Gasteiger partial charge is 0.309 e. The van der Waals surface area contributed by atoms with E-state index in [0.717, 1.165) is 75.2 Å². The van der Waals surface area contributed by atoms with Gasteiger partial charge in [0.15, 0.2) is 0 Å². The molecule has 6 aromatic carbocycles. The number of benzene rings is 6. The Balaban J connectivity index is 1.38. The van der Waals surface area contributed by atoms with E-state index >= 15 is 0 Å². The number of hydrogen-bond donors (Lipinski definition) is 0. The first kappa shape index (κ1) is 26.5. The summed E-state index contributed by atoms with van der Waals surface area (Å²) in [6.45, 7) is 7.72. The summed E-state index contributed by atoms with van der Waals surface area (Å²) in [6, 6.07) is 42.7. The van der Waals surface area contributed by atoms with Crippen molar-refractivity contribution in [2.45, 2.75) is 0 Å². The smallest absolute Gasteiger partial charge is 0.204 e. The zero-order chi connectivity index (χ0) is 31.8. The number of aromatic nitrogens is 2. The number of hydrogen-bond acceptors (Lipinski definition) is 4. The molecule has 3 aromatic heterocycles. The maximum absolute atomic E-state index is 10.6. The van der Waals surface area contributed by atoms with Crippen LogP contribution < -0.4 is 0 Å². The Kier molecular flexibility index (Phi) is 5.53. The Morgan fingerprint density at radius 2 is 1.15 bits per heavy atom. The van der Waals surface area contributed by atoms with Crippen molar-refractivity contribution in [2.75, 3.05) is 0 Å². The van der Waals surface area contributed by atoms with Crippen molar-refractivity contribution in [3.8, 4) is 29.6 Å². The lowest BCUT2D eigenvalue weighted by Gasteiger charge is -2.13. The van der Waals surface area contributed by atoms with Crippen molar-refractivity contribution < 1.29 is 0 Å². The van der Waals surface area contributed by atoms with E-state index in [4.69, 9.17) is 6.57 Å². The molecule has 0 saturated carbocycles. The fourth-order valence-corrected chi connectivity index (χ4v) is 8.29. The summed E-state index contributed by atoms with van der Waals surface area (Å²) in [7, 11) is 0. The highest BCUT2D eigenvalue weighted by atomic mass is 32.1. The summed E-state index contributed by atoms with van der Waals surface area (Å²) < 4.78 is 6.17. The van der Waals surface area contributed by atoms with Crippen molar-refractivity contribution in [1.29, 1.82) is 15.8 Å². The molecule has 0 atom stereocenters. The maximum Gasteiger partial charge on any atom is 0.204 e. The van der Waals surface area contributed by atoms with Crippen LogP contribution in [-0.2, 0) is 0 Å². The molecule has 7 heteroatoms. The third kappa shape index (κ3) is 3.61. The van der Waals surface area contributed by atoms with E-state index in [2.05, 4.69) is 68.6 Å². The van der Waals surface area contributed by atoms with Gasteiger partial charge in [0.05, 0.1) is 62.2 Å². The molecule has 9 rings (SSSR count). The minimum absolute atomic E-state index is 0.557. The minimum Gasteiger partial charge on any atom is -0.309 e. The van der Waals surface area contributed by atoms with Crippen LogP contribution in [0.15, 0.2) is 109 Å². The van der Waals surface area contributed by atoms with Gasteiger partial charge in [0.25, 0.3) is 0 Å². The molecule has 0 N–H and O–H groups in total. The topological polar surface area (TPSA) is 85.6 Å². The molecule has 6 nitrogen and oxygen atoms in total. The Morgan fingerprint density at radius 1 is 0.532 bits per heavy atom. The molecule has 0 saturated heterocycles. The molecule has 3 heterocycles. The second kappa shape index (κ2) is 9.80. The molecular formula is C40H18N6S. The normalized spacial score (nSPS) is 11.3. The molecule has 0 aliphatic heterocycles. The van der Waals surface area contributed by atoms with Crippen LogP contribution in [-0.4, -0.2) is 9.13 Å². The molecule has 9 aromatic rings. The summed E-state index contributed by atoms with van der Waals surface area (Å²) in [6.07, 6.45) is 0. The lowest BCUT2D eigenvalue weighted by atomic mass is 10.0. The number of thiophene rings is 1. The number of nitriles is 3. The quantitative estimate of drug-likeness (QED) is 0.182. The number of fused-ring (bicyclic) bond motifs is 9. The van der Waals surface area contributed by atoms with Gasteiger partial charge in [-0.25, -0.2) is 4.85 Å². The van der Waals surface area contributed by atoms with Crippen LogP contribution in [0.4, 0.5) is 5.69 Å². The Hall–Kier alpha value is -6.90. The molecule has 0 aliphatic rings. The summed E-state index contributed by atoms with van der Waals surface area (Å²) in [5, 5.41) is 35.5. The lowest BCUT2D eigenvalue weighted by molar-refractivity contribution is 1.13. The molecule has 214 valence electrons. The highest BCUT2D eigenvalue weighted by molar-refractivity contribution is 7.26. The average molecular weight is 615 g/mol. The van der Waals surface area contributed by atoms with E-state index in [-0.39, 0.29) is 0 Å². The monoisotopic (exact) mass is 614 g/mol. The van der Waals surface area contributed by atoms with Gasteiger partial charge in [-0.15, -0.1) is 11.3 Å². The molecule has 0 unspecified atom stereocenters. The zero-order valence-corrected chi connectivity index (χ0v) is 25.3. The van der Waals surface area contributed by atoms with Gasteiger partial charge in [-0.3, -0.25) is 0 Å². The van der Waals surface area contributed by atoms with Gasteiger partial charge in [-0.2, -0.15) is 15.8 Å². The predicted octanol–water partition coefficient (Wildman–Crippen LogP) is 10.4. The van der Waals surface area contributed by atoms with Gasteiger partial charge >= 0.3 is 0 Å². The predicted molar refractivity (Wildman–Crippen MR) is 188 cm³/mol. The second-order valence-corrected chi connectivity index (χ2v) is 12.4. The van der Waals surface area contributed by atoms with Gasteiger partial charge in [-0.1, -0.05) is 42.5 Å². The Morgan fingerprint density at radius 3 is 1.81 bits per heavy atom. The van der Waals surface area contributed by atoms with E-state index in [1.54, 1.807) is 0 Å². The third-order valence-electron chi connectivity index (χ3n) is 9.00. The molecule has 0 bridgehead atoms. The fraction of sp³-hybridized carbons (Fsp3) is 0. The van der Waals surface area contributed by atoms with Crippen molar-refractivity contribution in [2.24, 2.45) is 0 Å². The lowest BCUT2D eigenvalue weighted by Crippen LogP contribution is -1.98. The second-order valence-electron chi connectivity index (χ2n) is 11.4. The Labute approximate surface area is 271 Å². The summed E-state index contributed by atoms with van der Waals surface area (Å²) >= 11 is 1.51. The first-order valence-electron chi connectivity index (χ1n) is 14.8. The minimum atomic E-state index is 0.557. The maximum atomic E-state index is 10.6. The average Bonchev–Trinajstić information content (AvgIpc) is 3.77.